The fourth-order valence-corrected chi connectivity index (χ4v) is 2.90. The van der Waals surface area contributed by atoms with Gasteiger partial charge in [0.25, 0.3) is 0 Å². The third kappa shape index (κ3) is 5.24. The minimum absolute atomic E-state index is 0. The second-order valence-corrected chi connectivity index (χ2v) is 6.27. The largest absolute Gasteiger partial charge is 0.370 e. The molecule has 1 aromatic carbocycles. The van der Waals surface area contributed by atoms with Gasteiger partial charge in [-0.1, -0.05) is 11.6 Å². The molecule has 2 N–H and O–H groups in total. The number of aryl methyl sites for hydroxylation is 1. The van der Waals surface area contributed by atoms with Gasteiger partial charge in [-0.2, -0.15) is 5.10 Å². The van der Waals surface area contributed by atoms with Gasteiger partial charge in [0.2, 0.25) is 0 Å². The number of piperazine rings is 1. The highest BCUT2D eigenvalue weighted by atomic mass is 127. The van der Waals surface area contributed by atoms with E-state index in [2.05, 4.69) is 38.9 Å². The first-order chi connectivity index (χ1) is 11.7. The average molecular weight is 475 g/mol. The summed E-state index contributed by atoms with van der Waals surface area (Å²) < 4.78 is 1.89. The van der Waals surface area contributed by atoms with Crippen LogP contribution in [0.15, 0.2) is 41.7 Å². The highest BCUT2D eigenvalue weighted by Crippen LogP contribution is 2.19. The Labute approximate surface area is 170 Å². The van der Waals surface area contributed by atoms with Crippen LogP contribution in [0.1, 0.15) is 12.5 Å². The maximum atomic E-state index is 6.15. The van der Waals surface area contributed by atoms with Crippen LogP contribution in [0.3, 0.4) is 0 Å². The maximum absolute atomic E-state index is 6.15. The van der Waals surface area contributed by atoms with Gasteiger partial charge >= 0.3 is 0 Å². The number of nitrogens with two attached hydrogens (primary N) is 1. The summed E-state index contributed by atoms with van der Waals surface area (Å²) in [4.78, 5) is 8.98. The molecule has 0 radical (unpaired) electrons. The quantitative estimate of drug-likeness (QED) is 0.420. The molecule has 6 nitrogen and oxygen atoms in total. The van der Waals surface area contributed by atoms with Crippen molar-refractivity contribution in [1.82, 2.24) is 14.7 Å². The highest BCUT2D eigenvalue weighted by Gasteiger charge is 2.18. The molecule has 0 saturated carbocycles. The Morgan fingerprint density at radius 1 is 1.20 bits per heavy atom. The van der Waals surface area contributed by atoms with Crippen LogP contribution in [0.25, 0.3) is 0 Å². The number of aliphatic imine (C=N–C) groups is 1. The zero-order valence-corrected chi connectivity index (χ0v) is 17.4. The zero-order valence-electron chi connectivity index (χ0n) is 14.3. The van der Waals surface area contributed by atoms with Gasteiger partial charge in [-0.05, 0) is 31.2 Å². The van der Waals surface area contributed by atoms with Crippen LogP contribution in [0.2, 0.25) is 5.02 Å². The van der Waals surface area contributed by atoms with Crippen LogP contribution in [0.4, 0.5) is 5.69 Å². The maximum Gasteiger partial charge on any atom is 0.191 e. The molecule has 0 aliphatic carbocycles. The lowest BCUT2D eigenvalue weighted by atomic mass is 10.2. The van der Waals surface area contributed by atoms with Gasteiger partial charge in [-0.25, -0.2) is 4.99 Å². The van der Waals surface area contributed by atoms with E-state index in [4.69, 9.17) is 17.3 Å². The summed E-state index contributed by atoms with van der Waals surface area (Å²) in [5, 5.41) is 5.02. The van der Waals surface area contributed by atoms with Crippen LogP contribution in [-0.4, -0.2) is 46.8 Å². The van der Waals surface area contributed by atoms with Crippen molar-refractivity contribution in [3.8, 4) is 0 Å². The lowest BCUT2D eigenvalue weighted by molar-refractivity contribution is 0.380. The van der Waals surface area contributed by atoms with Crippen molar-refractivity contribution in [2.75, 3.05) is 31.1 Å². The third-order valence-electron chi connectivity index (χ3n) is 4.23. The normalized spacial score (nSPS) is 15.2. The minimum Gasteiger partial charge on any atom is -0.370 e. The van der Waals surface area contributed by atoms with E-state index < -0.39 is 0 Å². The zero-order chi connectivity index (χ0) is 16.9. The molecule has 8 heteroatoms. The molecule has 3 rings (SSSR count). The van der Waals surface area contributed by atoms with Crippen molar-refractivity contribution in [3.63, 3.8) is 0 Å². The van der Waals surface area contributed by atoms with Gasteiger partial charge in [0.1, 0.15) is 0 Å². The van der Waals surface area contributed by atoms with Crippen LogP contribution in [0, 0.1) is 0 Å². The van der Waals surface area contributed by atoms with E-state index in [9.17, 15) is 0 Å². The fourth-order valence-electron chi connectivity index (χ4n) is 2.78. The topological polar surface area (TPSA) is 62.7 Å². The first-order valence-corrected chi connectivity index (χ1v) is 8.60. The summed E-state index contributed by atoms with van der Waals surface area (Å²) in [6, 6.07) is 7.97. The summed E-state index contributed by atoms with van der Waals surface area (Å²) in [5.41, 5.74) is 8.43. The minimum atomic E-state index is 0. The van der Waals surface area contributed by atoms with Gasteiger partial charge in [0.05, 0.1) is 12.7 Å². The van der Waals surface area contributed by atoms with Gasteiger partial charge < -0.3 is 15.5 Å². The second-order valence-electron chi connectivity index (χ2n) is 5.83. The number of benzene rings is 1. The van der Waals surface area contributed by atoms with Gasteiger partial charge in [0, 0.05) is 55.2 Å². The molecular formula is C17H24ClIN6. The molecule has 2 heterocycles. The number of guanidine groups is 1. The van der Waals surface area contributed by atoms with Crippen molar-refractivity contribution in [3.05, 3.63) is 47.2 Å². The SMILES string of the molecule is CCn1cc(CN=C(N)N2CCN(c3ccc(Cl)cc3)CC2)cn1.I. The summed E-state index contributed by atoms with van der Waals surface area (Å²) in [6.07, 6.45) is 3.86. The molecule has 25 heavy (non-hydrogen) atoms. The number of aromatic nitrogens is 2. The Morgan fingerprint density at radius 2 is 1.88 bits per heavy atom. The molecule has 1 aliphatic rings. The molecule has 136 valence electrons. The van der Waals surface area contributed by atoms with Crippen molar-refractivity contribution in [2.45, 2.75) is 20.0 Å². The number of anilines is 1. The lowest BCUT2D eigenvalue weighted by Crippen LogP contribution is -2.51. The van der Waals surface area contributed by atoms with Crippen LogP contribution in [-0.2, 0) is 13.1 Å². The summed E-state index contributed by atoms with van der Waals surface area (Å²) in [5.74, 6) is 0.606. The first kappa shape index (κ1) is 19.8. The average Bonchev–Trinajstić information content (AvgIpc) is 3.09. The Kier molecular flexibility index (Phi) is 7.37. The monoisotopic (exact) mass is 474 g/mol. The predicted molar refractivity (Wildman–Crippen MR) is 114 cm³/mol. The highest BCUT2D eigenvalue weighted by molar-refractivity contribution is 14.0. The number of nitrogens with zero attached hydrogens (tertiary/aromatic N) is 5. The summed E-state index contributed by atoms with van der Waals surface area (Å²) in [6.45, 7) is 7.08. The molecule has 1 saturated heterocycles. The van der Waals surface area contributed by atoms with E-state index in [1.807, 2.05) is 29.2 Å². The molecule has 0 bridgehead atoms. The Hall–Kier alpha value is -1.48. The van der Waals surface area contributed by atoms with Crippen molar-refractivity contribution in [2.24, 2.45) is 10.7 Å². The molecule has 1 aromatic heterocycles. The second kappa shape index (κ2) is 9.28. The van der Waals surface area contributed by atoms with Crippen molar-refractivity contribution < 1.29 is 0 Å². The predicted octanol–water partition coefficient (Wildman–Crippen LogP) is 2.81. The first-order valence-electron chi connectivity index (χ1n) is 8.22. The number of hydrogen-bond donors (Lipinski definition) is 1. The summed E-state index contributed by atoms with van der Waals surface area (Å²) >= 11 is 5.95. The van der Waals surface area contributed by atoms with E-state index >= 15 is 0 Å². The smallest absolute Gasteiger partial charge is 0.191 e. The number of hydrogen-bond acceptors (Lipinski definition) is 3. The van der Waals surface area contributed by atoms with Gasteiger partial charge in [0.15, 0.2) is 5.96 Å². The Morgan fingerprint density at radius 3 is 2.48 bits per heavy atom. The van der Waals surface area contributed by atoms with E-state index in [1.54, 1.807) is 0 Å². The Balaban J connectivity index is 0.00000225. The van der Waals surface area contributed by atoms with E-state index in [1.165, 1.54) is 5.69 Å². The van der Waals surface area contributed by atoms with Crippen molar-refractivity contribution >= 4 is 47.2 Å². The van der Waals surface area contributed by atoms with E-state index in [0.717, 1.165) is 43.3 Å². The molecule has 2 aromatic rings. The lowest BCUT2D eigenvalue weighted by Gasteiger charge is -2.36. The van der Waals surface area contributed by atoms with E-state index in [-0.39, 0.29) is 24.0 Å². The van der Waals surface area contributed by atoms with Crippen LogP contribution < -0.4 is 10.6 Å². The van der Waals surface area contributed by atoms with Crippen molar-refractivity contribution in [1.29, 1.82) is 0 Å². The Bertz CT molecular complexity index is 691. The molecule has 1 aliphatic heterocycles. The standard InChI is InChI=1S/C17H23ClN6.HI/c1-2-24-13-14(12-21-24)11-20-17(19)23-9-7-22(8-10-23)16-5-3-15(18)4-6-16;/h3-6,12-13H,2,7-11H2,1H3,(H2,19,20);1H. The molecular weight excluding hydrogens is 451 g/mol. The van der Waals surface area contributed by atoms with Gasteiger partial charge in [-0.3, -0.25) is 4.68 Å². The van der Waals surface area contributed by atoms with Crippen LogP contribution >= 0.6 is 35.6 Å². The molecule has 0 spiro atoms. The molecule has 1 fully saturated rings. The van der Waals surface area contributed by atoms with E-state index in [0.29, 0.717) is 12.5 Å². The number of halogens is 2. The summed E-state index contributed by atoms with van der Waals surface area (Å²) in [7, 11) is 0. The molecule has 0 atom stereocenters. The van der Waals surface area contributed by atoms with Gasteiger partial charge in [-0.15, -0.1) is 24.0 Å². The molecule has 0 unspecified atom stereocenters. The van der Waals surface area contributed by atoms with Crippen LogP contribution in [0.5, 0.6) is 0 Å². The molecule has 0 amide bonds. The third-order valence-corrected chi connectivity index (χ3v) is 4.48. The number of rotatable bonds is 4. The fraction of sp³-hybridized carbons (Fsp3) is 0.412.